The molecule has 0 spiro atoms. The van der Waals surface area contributed by atoms with E-state index in [1.165, 1.54) is 0 Å². The van der Waals surface area contributed by atoms with Crippen LogP contribution in [0.2, 0.25) is 0 Å². The molecule has 1 aromatic rings. The minimum Gasteiger partial charge on any atom is -0.462 e. The Kier molecular flexibility index (Phi) is 7.18. The summed E-state index contributed by atoms with van der Waals surface area (Å²) in [4.78, 5) is 14.6. The number of esters is 1. The maximum atomic E-state index is 11.9. The van der Waals surface area contributed by atoms with E-state index >= 15 is 0 Å². The lowest BCUT2D eigenvalue weighted by Crippen LogP contribution is -2.15. The molecule has 0 aliphatic carbocycles. The fourth-order valence-corrected chi connectivity index (χ4v) is 2.54. The number of azide groups is 1. The average Bonchev–Trinajstić information content (AvgIpc) is 3.12. The molecule has 1 unspecified atom stereocenters. The number of hydrogen-bond acceptors (Lipinski definition) is 6. The van der Waals surface area contributed by atoms with Gasteiger partial charge in [-0.2, -0.15) is 0 Å². The molecule has 1 saturated heterocycles. The lowest BCUT2D eigenvalue weighted by atomic mass is 10.0. The van der Waals surface area contributed by atoms with E-state index in [0.717, 1.165) is 25.9 Å². The van der Waals surface area contributed by atoms with Crippen molar-refractivity contribution in [3.63, 3.8) is 0 Å². The molecule has 1 heterocycles. The molecule has 0 saturated carbocycles. The van der Waals surface area contributed by atoms with Gasteiger partial charge in [-0.1, -0.05) is 10.3 Å². The van der Waals surface area contributed by atoms with Crippen molar-refractivity contribution in [1.29, 1.82) is 0 Å². The first-order valence-corrected chi connectivity index (χ1v) is 8.29. The second-order valence-corrected chi connectivity index (χ2v) is 5.69. The summed E-state index contributed by atoms with van der Waals surface area (Å²) in [6.45, 7) is 3.71. The number of carbonyl (C=O) groups is 1. The van der Waals surface area contributed by atoms with Crippen LogP contribution < -0.4 is 0 Å². The molecule has 1 aromatic carbocycles. The number of nitrogens with zero attached hydrogens (tertiary/aromatic N) is 6. The van der Waals surface area contributed by atoms with Crippen molar-refractivity contribution in [2.45, 2.75) is 32.3 Å². The van der Waals surface area contributed by atoms with E-state index in [1.54, 1.807) is 25.1 Å². The first-order valence-electron chi connectivity index (χ1n) is 8.29. The minimum atomic E-state index is -0.867. The molecule has 9 heteroatoms. The molecule has 0 aromatic heterocycles. The summed E-state index contributed by atoms with van der Waals surface area (Å²) >= 11 is 0. The zero-order valence-corrected chi connectivity index (χ0v) is 14.2. The molecule has 1 fully saturated rings. The van der Waals surface area contributed by atoms with Crippen molar-refractivity contribution in [2.75, 3.05) is 26.2 Å². The van der Waals surface area contributed by atoms with Gasteiger partial charge in [0, 0.05) is 24.4 Å². The molecule has 25 heavy (non-hydrogen) atoms. The fraction of sp³-hybridized carbons (Fsp3) is 0.562. The highest BCUT2D eigenvalue weighted by Gasteiger charge is 2.15. The number of hydrogen-bond donors (Lipinski definition) is 1. The summed E-state index contributed by atoms with van der Waals surface area (Å²) in [5, 5.41) is 23.7. The van der Waals surface area contributed by atoms with E-state index < -0.39 is 12.1 Å². The van der Waals surface area contributed by atoms with Gasteiger partial charge in [-0.3, -0.25) is 5.01 Å². The second-order valence-electron chi connectivity index (χ2n) is 5.69. The van der Waals surface area contributed by atoms with Gasteiger partial charge in [-0.05, 0) is 49.1 Å². The zero-order chi connectivity index (χ0) is 18.1. The molecule has 1 atom stereocenters. The van der Waals surface area contributed by atoms with Gasteiger partial charge in [-0.25, -0.2) is 4.79 Å². The topological polar surface area (TPSA) is 123 Å². The number of aliphatic hydroxyl groups excluding tert-OH is 1. The lowest BCUT2D eigenvalue weighted by Gasteiger charge is -2.12. The highest BCUT2D eigenvalue weighted by Crippen LogP contribution is 2.24. The zero-order valence-electron chi connectivity index (χ0n) is 14.2. The van der Waals surface area contributed by atoms with Gasteiger partial charge in [0.25, 0.3) is 0 Å². The van der Waals surface area contributed by atoms with E-state index in [2.05, 4.69) is 20.4 Å². The van der Waals surface area contributed by atoms with E-state index in [9.17, 15) is 9.90 Å². The smallest absolute Gasteiger partial charge is 0.338 e. The third kappa shape index (κ3) is 5.74. The van der Waals surface area contributed by atoms with Gasteiger partial charge < -0.3 is 9.84 Å². The lowest BCUT2D eigenvalue weighted by molar-refractivity contribution is 0.0526. The predicted octanol–water partition coefficient (Wildman–Crippen LogP) is 3.17. The van der Waals surface area contributed by atoms with Crippen molar-refractivity contribution in [2.24, 2.45) is 15.5 Å². The van der Waals surface area contributed by atoms with Crippen LogP contribution in [0.1, 0.15) is 35.7 Å². The summed E-state index contributed by atoms with van der Waals surface area (Å²) in [5.41, 5.74) is 9.96. The van der Waals surface area contributed by atoms with Crippen LogP contribution in [-0.2, 0) is 11.2 Å². The van der Waals surface area contributed by atoms with Crippen LogP contribution in [0.15, 0.2) is 33.7 Å². The van der Waals surface area contributed by atoms with Crippen LogP contribution in [0, 0.1) is 0 Å². The minimum absolute atomic E-state index is 0.0527. The Labute approximate surface area is 145 Å². The summed E-state index contributed by atoms with van der Waals surface area (Å²) in [5.74, 6) is -0.434. The Morgan fingerprint density at radius 2 is 2.20 bits per heavy atom. The van der Waals surface area contributed by atoms with Crippen LogP contribution in [0.3, 0.4) is 0 Å². The molecule has 0 radical (unpaired) electrons. The molecular formula is C16H22N6O3. The molecule has 0 amide bonds. The third-order valence-electron chi connectivity index (χ3n) is 3.76. The van der Waals surface area contributed by atoms with E-state index in [-0.39, 0.29) is 19.6 Å². The highest BCUT2D eigenvalue weighted by molar-refractivity contribution is 5.90. The van der Waals surface area contributed by atoms with Crippen LogP contribution in [-0.4, -0.2) is 48.4 Å². The van der Waals surface area contributed by atoms with Gasteiger partial charge >= 0.3 is 5.97 Å². The first-order chi connectivity index (χ1) is 12.1. The van der Waals surface area contributed by atoms with E-state index in [0.29, 0.717) is 16.8 Å². The van der Waals surface area contributed by atoms with Crippen molar-refractivity contribution in [3.8, 4) is 0 Å². The molecule has 0 bridgehead atoms. The Balaban J connectivity index is 2.22. The SMILES string of the molecule is CCOC(=O)c1ccc(N=NN2CCCC2)c(CC(O)CN=[N+]=[N-])c1. The van der Waals surface area contributed by atoms with Crippen LogP contribution >= 0.6 is 0 Å². The van der Waals surface area contributed by atoms with Gasteiger partial charge in [0.2, 0.25) is 0 Å². The molecule has 1 N–H and O–H groups in total. The van der Waals surface area contributed by atoms with Crippen molar-refractivity contribution >= 4 is 11.7 Å². The monoisotopic (exact) mass is 346 g/mol. The molecule has 2 rings (SSSR count). The summed E-state index contributed by atoms with van der Waals surface area (Å²) < 4.78 is 5.00. The average molecular weight is 346 g/mol. The quantitative estimate of drug-likeness (QED) is 0.336. The largest absolute Gasteiger partial charge is 0.462 e. The molecule has 1 aliphatic rings. The Bertz CT molecular complexity index is 666. The van der Waals surface area contributed by atoms with Gasteiger partial charge in [-0.15, -0.1) is 5.11 Å². The van der Waals surface area contributed by atoms with Crippen molar-refractivity contribution in [3.05, 3.63) is 39.8 Å². The van der Waals surface area contributed by atoms with E-state index in [4.69, 9.17) is 10.3 Å². The van der Waals surface area contributed by atoms with Crippen molar-refractivity contribution < 1.29 is 14.6 Å². The summed E-state index contributed by atoms with van der Waals surface area (Å²) in [6.07, 6.45) is 1.52. The maximum absolute atomic E-state index is 11.9. The van der Waals surface area contributed by atoms with Crippen LogP contribution in [0.25, 0.3) is 10.4 Å². The summed E-state index contributed by atoms with van der Waals surface area (Å²) in [7, 11) is 0. The predicted molar refractivity (Wildman–Crippen MR) is 91.4 cm³/mol. The number of aliphatic hydroxyl groups is 1. The van der Waals surface area contributed by atoms with Gasteiger partial charge in [0.15, 0.2) is 0 Å². The van der Waals surface area contributed by atoms with Crippen molar-refractivity contribution in [1.82, 2.24) is 5.01 Å². The standard InChI is InChI=1S/C16H22N6O3/c1-2-25-16(24)12-5-6-15(19-21-22-7-3-4-8-22)13(9-12)10-14(23)11-18-20-17/h5-6,9,14,23H,2-4,7-8,10-11H2,1H3. The number of carbonyl (C=O) groups excluding carboxylic acids is 1. The number of rotatable bonds is 8. The Hall–Kier alpha value is -2.64. The Morgan fingerprint density at radius 3 is 2.88 bits per heavy atom. The number of benzene rings is 1. The van der Waals surface area contributed by atoms with Crippen LogP contribution in [0.4, 0.5) is 5.69 Å². The Morgan fingerprint density at radius 1 is 1.44 bits per heavy atom. The fourth-order valence-electron chi connectivity index (χ4n) is 2.54. The van der Waals surface area contributed by atoms with Gasteiger partial charge in [0.05, 0.1) is 30.5 Å². The molecule has 1 aliphatic heterocycles. The highest BCUT2D eigenvalue weighted by atomic mass is 16.5. The molecule has 134 valence electrons. The molecule has 9 nitrogen and oxygen atoms in total. The van der Waals surface area contributed by atoms with Crippen LogP contribution in [0.5, 0.6) is 0 Å². The summed E-state index contributed by atoms with van der Waals surface area (Å²) in [6, 6.07) is 4.94. The number of ether oxygens (including phenoxy) is 1. The van der Waals surface area contributed by atoms with Gasteiger partial charge in [0.1, 0.15) is 0 Å². The third-order valence-corrected chi connectivity index (χ3v) is 3.76. The molecular weight excluding hydrogens is 324 g/mol. The normalized spacial score (nSPS) is 15.2. The second kappa shape index (κ2) is 9.61. The first kappa shape index (κ1) is 18.7. The maximum Gasteiger partial charge on any atom is 0.338 e. The van der Waals surface area contributed by atoms with E-state index in [1.807, 2.05) is 5.01 Å².